The molecule has 0 bridgehead atoms. The quantitative estimate of drug-likeness (QED) is 0.517. The summed E-state index contributed by atoms with van der Waals surface area (Å²) in [5.74, 6) is 1.05. The number of aryl methyl sites for hydroxylation is 1. The predicted molar refractivity (Wildman–Crippen MR) is 60.1 cm³/mol. The highest BCUT2D eigenvalue weighted by molar-refractivity contribution is 6.28. The van der Waals surface area contributed by atoms with Crippen molar-refractivity contribution in [3.63, 3.8) is 0 Å². The molecule has 0 N–H and O–H groups in total. The Balaban J connectivity index is 2.25. The molecule has 0 atom stereocenters. The van der Waals surface area contributed by atoms with Crippen LogP contribution in [0.3, 0.4) is 0 Å². The zero-order valence-corrected chi connectivity index (χ0v) is 9.96. The fourth-order valence-electron chi connectivity index (χ4n) is 1.18. The Kier molecular flexibility index (Phi) is 4.61. The number of hydrogen-bond acceptors (Lipinski definition) is 1. The van der Waals surface area contributed by atoms with Gasteiger partial charge in [-0.1, -0.05) is 37.5 Å². The summed E-state index contributed by atoms with van der Waals surface area (Å²) in [4.78, 5) is 0. The Hall–Kier alpha value is -0.763. The van der Waals surface area contributed by atoms with E-state index in [4.69, 9.17) is 4.43 Å². The van der Waals surface area contributed by atoms with E-state index in [0.717, 1.165) is 5.75 Å². The molecule has 1 nitrogen and oxygen atoms in total. The van der Waals surface area contributed by atoms with Gasteiger partial charge < -0.3 is 4.43 Å². The molecule has 0 aliphatic rings. The van der Waals surface area contributed by atoms with Gasteiger partial charge in [-0.05, 0) is 25.1 Å². The van der Waals surface area contributed by atoms with Gasteiger partial charge in [-0.15, -0.1) is 0 Å². The van der Waals surface area contributed by atoms with Gasteiger partial charge in [0.15, 0.2) is 0 Å². The normalized spacial score (nSPS) is 10.9. The Morgan fingerprint density at radius 3 is 2.54 bits per heavy atom. The standard InChI is InChI=1S/C11H18OSi/c1-3-4-9-13-12-11-7-5-10(2)6-8-11/h5-8H,3-4,9,13H2,1-2H3. The lowest BCUT2D eigenvalue weighted by Crippen LogP contribution is -2.00. The summed E-state index contributed by atoms with van der Waals surface area (Å²) in [5.41, 5.74) is 1.29. The van der Waals surface area contributed by atoms with Crippen LogP contribution in [0.15, 0.2) is 24.3 Å². The highest BCUT2D eigenvalue weighted by Crippen LogP contribution is 2.11. The Morgan fingerprint density at radius 1 is 1.23 bits per heavy atom. The first-order valence-corrected chi connectivity index (χ1v) is 6.60. The minimum Gasteiger partial charge on any atom is -0.549 e. The summed E-state index contributed by atoms with van der Waals surface area (Å²) in [6, 6.07) is 9.63. The van der Waals surface area contributed by atoms with Crippen LogP contribution in [0.2, 0.25) is 6.04 Å². The Labute approximate surface area is 83.1 Å². The predicted octanol–water partition coefficient (Wildman–Crippen LogP) is 2.68. The Bertz CT molecular complexity index is 230. The third-order valence-corrected chi connectivity index (χ3v) is 3.36. The largest absolute Gasteiger partial charge is 0.549 e. The van der Waals surface area contributed by atoms with E-state index in [0.29, 0.717) is 0 Å². The van der Waals surface area contributed by atoms with Gasteiger partial charge in [0.1, 0.15) is 5.75 Å². The van der Waals surface area contributed by atoms with Crippen molar-refractivity contribution < 1.29 is 4.43 Å². The average Bonchev–Trinajstić information content (AvgIpc) is 2.15. The van der Waals surface area contributed by atoms with Crippen molar-refractivity contribution in [2.45, 2.75) is 32.7 Å². The number of hydrogen-bond donors (Lipinski definition) is 0. The first kappa shape index (κ1) is 10.3. The van der Waals surface area contributed by atoms with Crippen molar-refractivity contribution in [3.8, 4) is 5.75 Å². The molecule has 0 saturated heterocycles. The summed E-state index contributed by atoms with van der Waals surface area (Å²) in [6.07, 6.45) is 2.60. The molecule has 0 spiro atoms. The molecule has 0 aromatic heterocycles. The second kappa shape index (κ2) is 5.81. The maximum absolute atomic E-state index is 5.70. The van der Waals surface area contributed by atoms with E-state index in [1.165, 1.54) is 24.4 Å². The van der Waals surface area contributed by atoms with Crippen LogP contribution in [0.5, 0.6) is 5.75 Å². The third-order valence-electron chi connectivity index (χ3n) is 2.04. The number of benzene rings is 1. The Morgan fingerprint density at radius 2 is 1.92 bits per heavy atom. The van der Waals surface area contributed by atoms with Crippen molar-refractivity contribution in [2.24, 2.45) is 0 Å². The maximum Gasteiger partial charge on any atom is 0.219 e. The van der Waals surface area contributed by atoms with Gasteiger partial charge in [-0.2, -0.15) is 0 Å². The summed E-state index contributed by atoms with van der Waals surface area (Å²) in [7, 11) is -0.310. The van der Waals surface area contributed by atoms with Crippen LogP contribution in [0, 0.1) is 6.92 Å². The summed E-state index contributed by atoms with van der Waals surface area (Å²) >= 11 is 0. The molecule has 0 radical (unpaired) electrons. The fourth-order valence-corrected chi connectivity index (χ4v) is 2.45. The lowest BCUT2D eigenvalue weighted by Gasteiger charge is -2.05. The smallest absolute Gasteiger partial charge is 0.219 e. The van der Waals surface area contributed by atoms with Crippen LogP contribution in [0.25, 0.3) is 0 Å². The third kappa shape index (κ3) is 4.13. The first-order valence-electron chi connectivity index (χ1n) is 5.02. The molecule has 2 heteroatoms. The average molecular weight is 194 g/mol. The highest BCUT2D eigenvalue weighted by Gasteiger charge is 1.92. The zero-order chi connectivity index (χ0) is 9.52. The van der Waals surface area contributed by atoms with E-state index < -0.39 is 0 Å². The monoisotopic (exact) mass is 194 g/mol. The first-order chi connectivity index (χ1) is 6.33. The molecule has 13 heavy (non-hydrogen) atoms. The van der Waals surface area contributed by atoms with Crippen molar-refractivity contribution in [2.75, 3.05) is 0 Å². The molecular weight excluding hydrogens is 176 g/mol. The molecule has 0 unspecified atom stereocenters. The van der Waals surface area contributed by atoms with Gasteiger partial charge in [-0.25, -0.2) is 0 Å². The summed E-state index contributed by atoms with van der Waals surface area (Å²) < 4.78 is 5.70. The van der Waals surface area contributed by atoms with Crippen LogP contribution in [0.1, 0.15) is 25.3 Å². The van der Waals surface area contributed by atoms with E-state index in [1.807, 2.05) is 0 Å². The van der Waals surface area contributed by atoms with Gasteiger partial charge in [0.05, 0.1) is 0 Å². The minimum atomic E-state index is -0.310. The molecule has 0 saturated carbocycles. The van der Waals surface area contributed by atoms with Crippen LogP contribution in [-0.4, -0.2) is 9.76 Å². The van der Waals surface area contributed by atoms with Crippen LogP contribution in [-0.2, 0) is 0 Å². The lowest BCUT2D eigenvalue weighted by molar-refractivity contribution is 0.587. The van der Waals surface area contributed by atoms with Crippen molar-refractivity contribution >= 4 is 9.76 Å². The molecule has 72 valence electrons. The topological polar surface area (TPSA) is 9.23 Å². The fraction of sp³-hybridized carbons (Fsp3) is 0.455. The van der Waals surface area contributed by atoms with Crippen LogP contribution < -0.4 is 4.43 Å². The van der Waals surface area contributed by atoms with Gasteiger partial charge in [0, 0.05) is 0 Å². The molecule has 0 fully saturated rings. The van der Waals surface area contributed by atoms with Gasteiger partial charge in [0.2, 0.25) is 9.76 Å². The van der Waals surface area contributed by atoms with Crippen LogP contribution in [0.4, 0.5) is 0 Å². The molecule has 0 aliphatic carbocycles. The van der Waals surface area contributed by atoms with E-state index >= 15 is 0 Å². The number of unbranched alkanes of at least 4 members (excludes halogenated alkanes) is 1. The van der Waals surface area contributed by atoms with Crippen molar-refractivity contribution in [3.05, 3.63) is 29.8 Å². The molecule has 1 aromatic carbocycles. The molecule has 0 aliphatic heterocycles. The van der Waals surface area contributed by atoms with E-state index in [2.05, 4.69) is 38.1 Å². The molecule has 1 rings (SSSR count). The summed E-state index contributed by atoms with van der Waals surface area (Å²) in [5, 5.41) is 0. The molecular formula is C11H18OSi. The number of rotatable bonds is 5. The van der Waals surface area contributed by atoms with Crippen molar-refractivity contribution in [1.82, 2.24) is 0 Å². The zero-order valence-electron chi connectivity index (χ0n) is 8.55. The van der Waals surface area contributed by atoms with E-state index in [9.17, 15) is 0 Å². The van der Waals surface area contributed by atoms with E-state index in [1.54, 1.807) is 0 Å². The van der Waals surface area contributed by atoms with Crippen LogP contribution >= 0.6 is 0 Å². The maximum atomic E-state index is 5.70. The molecule has 1 aromatic rings. The second-order valence-electron chi connectivity index (χ2n) is 3.37. The van der Waals surface area contributed by atoms with Gasteiger partial charge >= 0.3 is 0 Å². The SMILES string of the molecule is CCCC[SiH2]Oc1ccc(C)cc1. The van der Waals surface area contributed by atoms with E-state index in [-0.39, 0.29) is 9.76 Å². The molecule has 0 amide bonds. The summed E-state index contributed by atoms with van der Waals surface area (Å²) in [6.45, 7) is 4.32. The second-order valence-corrected chi connectivity index (χ2v) is 4.77. The lowest BCUT2D eigenvalue weighted by atomic mass is 10.2. The molecule has 0 heterocycles. The minimum absolute atomic E-state index is 0.310. The highest BCUT2D eigenvalue weighted by atomic mass is 28.2. The van der Waals surface area contributed by atoms with Gasteiger partial charge in [0.25, 0.3) is 0 Å². The van der Waals surface area contributed by atoms with Crippen molar-refractivity contribution in [1.29, 1.82) is 0 Å². The van der Waals surface area contributed by atoms with Gasteiger partial charge in [-0.3, -0.25) is 0 Å².